The molecule has 0 bridgehead atoms. The Hall–Kier alpha value is -3.88. The second-order valence-electron chi connectivity index (χ2n) is 10.3. The van der Waals surface area contributed by atoms with Crippen molar-refractivity contribution in [1.82, 2.24) is 9.80 Å². The number of alkyl halides is 6. The zero-order chi connectivity index (χ0) is 30.9. The van der Waals surface area contributed by atoms with Crippen molar-refractivity contribution in [2.45, 2.75) is 51.3 Å². The van der Waals surface area contributed by atoms with E-state index in [0.29, 0.717) is 12.1 Å². The molecule has 1 aliphatic heterocycles. The Labute approximate surface area is 230 Å². The highest BCUT2D eigenvalue weighted by molar-refractivity contribution is 5.78. The Balaban J connectivity index is 2.02. The Bertz CT molecular complexity index is 1290. The first-order valence-electron chi connectivity index (χ1n) is 12.2. The first-order valence-corrected chi connectivity index (χ1v) is 12.2. The summed E-state index contributed by atoms with van der Waals surface area (Å²) >= 11 is 0. The van der Waals surface area contributed by atoms with Crippen molar-refractivity contribution in [3.05, 3.63) is 63.2 Å². The highest BCUT2D eigenvalue weighted by Gasteiger charge is 2.39. The van der Waals surface area contributed by atoms with Crippen molar-refractivity contribution >= 4 is 17.7 Å². The summed E-state index contributed by atoms with van der Waals surface area (Å²) in [5.74, 6) is -0.759. The molecule has 1 atom stereocenters. The van der Waals surface area contributed by atoms with Crippen LogP contribution in [-0.2, 0) is 33.2 Å². The number of rotatable bonds is 5. The number of hydrogen-bond acceptors (Lipinski definition) is 7. The van der Waals surface area contributed by atoms with Crippen LogP contribution in [-0.4, -0.2) is 65.2 Å². The summed E-state index contributed by atoms with van der Waals surface area (Å²) in [6.45, 7) is 4.60. The summed E-state index contributed by atoms with van der Waals surface area (Å²) in [6.07, 6.45) is -10.9. The molecule has 0 aliphatic carbocycles. The van der Waals surface area contributed by atoms with Gasteiger partial charge in [-0.15, -0.1) is 0 Å². The fraction of sp³-hybridized carbons (Fsp3) is 0.462. The fourth-order valence-electron chi connectivity index (χ4n) is 4.27. The van der Waals surface area contributed by atoms with E-state index in [1.54, 1.807) is 20.8 Å². The van der Waals surface area contributed by atoms with E-state index < -0.39 is 63.4 Å². The lowest BCUT2D eigenvalue weighted by Crippen LogP contribution is -2.58. The first kappa shape index (κ1) is 31.6. The van der Waals surface area contributed by atoms with Crippen molar-refractivity contribution in [3.63, 3.8) is 0 Å². The third kappa shape index (κ3) is 7.86. The first-order chi connectivity index (χ1) is 18.8. The van der Waals surface area contributed by atoms with Crippen LogP contribution in [0.1, 0.15) is 37.5 Å². The van der Waals surface area contributed by atoms with E-state index in [-0.39, 0.29) is 43.4 Å². The molecule has 0 spiro atoms. The van der Waals surface area contributed by atoms with E-state index in [1.165, 1.54) is 9.80 Å². The molecule has 0 saturated carbocycles. The van der Waals surface area contributed by atoms with Crippen molar-refractivity contribution in [2.24, 2.45) is 0 Å². The number of benzene rings is 2. The van der Waals surface area contributed by atoms with Crippen molar-refractivity contribution < 1.29 is 50.3 Å². The topological polar surface area (TPSA) is 102 Å². The minimum atomic E-state index is -5.08. The quantitative estimate of drug-likeness (QED) is 0.185. The minimum absolute atomic E-state index is 0.0130. The number of amides is 1. The molecule has 41 heavy (non-hydrogen) atoms. The van der Waals surface area contributed by atoms with E-state index in [0.717, 1.165) is 25.3 Å². The molecular weight excluding hydrogens is 564 g/mol. The Morgan fingerprint density at radius 3 is 2.02 bits per heavy atom. The smallest absolute Gasteiger partial charge is 0.416 e. The second kappa shape index (κ2) is 11.5. The van der Waals surface area contributed by atoms with Gasteiger partial charge in [0.15, 0.2) is 0 Å². The maximum atomic E-state index is 13.4. The Kier molecular flexibility index (Phi) is 8.91. The Morgan fingerprint density at radius 2 is 1.54 bits per heavy atom. The predicted molar refractivity (Wildman–Crippen MR) is 133 cm³/mol. The van der Waals surface area contributed by atoms with Gasteiger partial charge in [0.1, 0.15) is 11.6 Å². The van der Waals surface area contributed by atoms with Gasteiger partial charge in [0.2, 0.25) is 0 Å². The van der Waals surface area contributed by atoms with Gasteiger partial charge in [-0.3, -0.25) is 19.8 Å². The van der Waals surface area contributed by atoms with Gasteiger partial charge in [-0.25, -0.2) is 4.79 Å². The SMILES string of the molecule is COC(=O)[C@@H]1CN(C(=O)OC(C)(C)C)CCN1Cc1cc(-c2cc(C(F)(F)F)cc(C(F)(F)F)c2)ccc1[N+](=O)[O-]. The number of nitrogens with zero attached hydrogens (tertiary/aromatic N) is 3. The average molecular weight is 592 g/mol. The fourth-order valence-corrected chi connectivity index (χ4v) is 4.27. The number of carbonyl (C=O) groups excluding carboxylic acids is 2. The van der Waals surface area contributed by atoms with Crippen LogP contribution < -0.4 is 0 Å². The molecule has 15 heteroatoms. The van der Waals surface area contributed by atoms with Crippen molar-refractivity contribution in [1.29, 1.82) is 0 Å². The number of esters is 1. The molecule has 1 aliphatic rings. The van der Waals surface area contributed by atoms with Crippen LogP contribution in [0.15, 0.2) is 36.4 Å². The normalized spacial score (nSPS) is 16.8. The number of nitro benzene ring substituents is 1. The summed E-state index contributed by atoms with van der Waals surface area (Å²) in [5.41, 5.74) is -5.01. The van der Waals surface area contributed by atoms with Crippen molar-refractivity contribution in [2.75, 3.05) is 26.7 Å². The number of methoxy groups -OCH3 is 1. The second-order valence-corrected chi connectivity index (χ2v) is 10.3. The summed E-state index contributed by atoms with van der Waals surface area (Å²) in [7, 11) is 1.11. The lowest BCUT2D eigenvalue weighted by atomic mass is 9.96. The van der Waals surface area contributed by atoms with Crippen LogP contribution in [0.5, 0.6) is 0 Å². The Morgan fingerprint density at radius 1 is 0.951 bits per heavy atom. The molecule has 1 amide bonds. The molecule has 1 heterocycles. The number of ether oxygens (including phenoxy) is 2. The molecular formula is C26H27F6N3O6. The molecule has 1 saturated heterocycles. The van der Waals surface area contributed by atoms with Gasteiger partial charge in [-0.05, 0) is 62.2 Å². The molecule has 2 aromatic rings. The molecule has 0 N–H and O–H groups in total. The summed E-state index contributed by atoms with van der Waals surface area (Å²) < 4.78 is 90.6. The van der Waals surface area contributed by atoms with Crippen LogP contribution in [0.4, 0.5) is 36.8 Å². The molecule has 0 radical (unpaired) electrons. The third-order valence-corrected chi connectivity index (χ3v) is 6.19. The molecule has 0 unspecified atom stereocenters. The van der Waals surface area contributed by atoms with Gasteiger partial charge in [-0.2, -0.15) is 26.3 Å². The zero-order valence-electron chi connectivity index (χ0n) is 22.4. The number of piperazine rings is 1. The number of halogens is 6. The van der Waals surface area contributed by atoms with Gasteiger partial charge in [-0.1, -0.05) is 0 Å². The lowest BCUT2D eigenvalue weighted by molar-refractivity contribution is -0.385. The molecule has 1 fully saturated rings. The maximum absolute atomic E-state index is 13.4. The lowest BCUT2D eigenvalue weighted by Gasteiger charge is -2.40. The largest absolute Gasteiger partial charge is 0.468 e. The number of carbonyl (C=O) groups is 2. The maximum Gasteiger partial charge on any atom is 0.416 e. The summed E-state index contributed by atoms with van der Waals surface area (Å²) in [6, 6.07) is 3.09. The molecule has 224 valence electrons. The van der Waals surface area contributed by atoms with E-state index in [4.69, 9.17) is 9.47 Å². The monoisotopic (exact) mass is 591 g/mol. The molecule has 2 aromatic carbocycles. The van der Waals surface area contributed by atoms with Gasteiger partial charge in [0.05, 0.1) is 29.7 Å². The number of hydrogen-bond donors (Lipinski definition) is 0. The van der Waals surface area contributed by atoms with Gasteiger partial charge >= 0.3 is 24.4 Å². The zero-order valence-corrected chi connectivity index (χ0v) is 22.4. The molecule has 9 nitrogen and oxygen atoms in total. The van der Waals surface area contributed by atoms with Gasteiger partial charge in [0, 0.05) is 31.3 Å². The van der Waals surface area contributed by atoms with Crippen LogP contribution >= 0.6 is 0 Å². The highest BCUT2D eigenvalue weighted by atomic mass is 19.4. The standard InChI is InChI=1S/C26H27F6N3O6/c1-24(2,3)41-23(37)34-8-7-33(21(14-34)22(36)40-4)13-17-9-15(5-6-20(17)35(38)39)16-10-18(25(27,28)29)12-19(11-16)26(30,31)32/h5-6,9-12,21H,7-8,13-14H2,1-4H3/t21-/m0/s1. The average Bonchev–Trinajstić information content (AvgIpc) is 2.86. The number of nitro groups is 1. The predicted octanol–water partition coefficient (Wildman–Crippen LogP) is 5.89. The highest BCUT2D eigenvalue weighted by Crippen LogP contribution is 2.39. The minimum Gasteiger partial charge on any atom is -0.468 e. The summed E-state index contributed by atoms with van der Waals surface area (Å²) in [4.78, 5) is 38.9. The third-order valence-electron chi connectivity index (χ3n) is 6.19. The van der Waals surface area contributed by atoms with E-state index in [1.807, 2.05) is 0 Å². The molecule has 3 rings (SSSR count). The van der Waals surface area contributed by atoms with Crippen LogP contribution in [0, 0.1) is 10.1 Å². The van der Waals surface area contributed by atoms with Crippen LogP contribution in [0.2, 0.25) is 0 Å². The van der Waals surface area contributed by atoms with Crippen LogP contribution in [0.25, 0.3) is 11.1 Å². The van der Waals surface area contributed by atoms with E-state index in [2.05, 4.69) is 0 Å². The van der Waals surface area contributed by atoms with Gasteiger partial charge in [0.25, 0.3) is 5.69 Å². The summed E-state index contributed by atoms with van der Waals surface area (Å²) in [5, 5.41) is 11.8. The van der Waals surface area contributed by atoms with E-state index >= 15 is 0 Å². The van der Waals surface area contributed by atoms with Crippen LogP contribution in [0.3, 0.4) is 0 Å². The van der Waals surface area contributed by atoms with E-state index in [9.17, 15) is 46.0 Å². The van der Waals surface area contributed by atoms with Gasteiger partial charge < -0.3 is 14.4 Å². The molecule has 0 aromatic heterocycles. The van der Waals surface area contributed by atoms with Crippen molar-refractivity contribution in [3.8, 4) is 11.1 Å².